The van der Waals surface area contributed by atoms with Crippen LogP contribution in [0.2, 0.25) is 0 Å². The maximum atomic E-state index is 5.05. The Kier molecular flexibility index (Phi) is 5.82. The van der Waals surface area contributed by atoms with Crippen LogP contribution in [-0.4, -0.2) is 54.6 Å². The molecule has 0 radical (unpaired) electrons. The Hall–Kier alpha value is -0.910. The Morgan fingerprint density at radius 1 is 1.53 bits per heavy atom. The first-order valence-electron chi connectivity index (χ1n) is 7.17. The average Bonchev–Trinajstić information content (AvgIpc) is 2.81. The Morgan fingerprint density at radius 2 is 2.42 bits per heavy atom. The largest absolute Gasteiger partial charge is 0.383 e. The topological polar surface area (TPSA) is 42.3 Å². The molecule has 0 aromatic carbocycles. The molecule has 5 nitrogen and oxygen atoms in total. The Labute approximate surface area is 115 Å². The number of ether oxygens (including phenoxy) is 1. The molecule has 1 aliphatic heterocycles. The van der Waals surface area contributed by atoms with Crippen molar-refractivity contribution in [2.24, 2.45) is 13.0 Å². The van der Waals surface area contributed by atoms with Crippen LogP contribution >= 0.6 is 0 Å². The van der Waals surface area contributed by atoms with Crippen LogP contribution in [0, 0.1) is 5.92 Å². The molecule has 2 heterocycles. The van der Waals surface area contributed by atoms with Gasteiger partial charge in [0, 0.05) is 45.6 Å². The maximum absolute atomic E-state index is 5.05. The number of aromatic nitrogens is 2. The van der Waals surface area contributed by atoms with Crippen molar-refractivity contribution < 1.29 is 4.74 Å². The van der Waals surface area contributed by atoms with Gasteiger partial charge in [0.15, 0.2) is 0 Å². The Morgan fingerprint density at radius 3 is 3.16 bits per heavy atom. The molecule has 1 saturated heterocycles. The van der Waals surface area contributed by atoms with Gasteiger partial charge in [0.2, 0.25) is 0 Å². The van der Waals surface area contributed by atoms with Gasteiger partial charge in [0.25, 0.3) is 0 Å². The lowest BCUT2D eigenvalue weighted by Crippen LogP contribution is -2.39. The highest BCUT2D eigenvalue weighted by molar-refractivity contribution is 5.03. The van der Waals surface area contributed by atoms with Gasteiger partial charge in [0.1, 0.15) is 0 Å². The van der Waals surface area contributed by atoms with E-state index in [9.17, 15) is 0 Å². The second-order valence-electron chi connectivity index (χ2n) is 5.46. The van der Waals surface area contributed by atoms with E-state index in [1.54, 1.807) is 7.11 Å². The predicted molar refractivity (Wildman–Crippen MR) is 76.0 cm³/mol. The first-order chi connectivity index (χ1) is 9.28. The van der Waals surface area contributed by atoms with Crippen LogP contribution in [0.4, 0.5) is 0 Å². The lowest BCUT2D eigenvalue weighted by molar-refractivity contribution is 0.159. The zero-order valence-corrected chi connectivity index (χ0v) is 12.1. The summed E-state index contributed by atoms with van der Waals surface area (Å²) in [5.74, 6) is 0.766. The van der Waals surface area contributed by atoms with E-state index in [2.05, 4.69) is 21.5 Å². The van der Waals surface area contributed by atoms with Crippen LogP contribution in [0.5, 0.6) is 0 Å². The van der Waals surface area contributed by atoms with Crippen molar-refractivity contribution in [3.8, 4) is 0 Å². The van der Waals surface area contributed by atoms with Gasteiger partial charge in [-0.05, 0) is 31.8 Å². The summed E-state index contributed by atoms with van der Waals surface area (Å²) in [5.41, 5.74) is 1.32. The summed E-state index contributed by atoms with van der Waals surface area (Å²) in [6.07, 6.45) is 6.72. The molecule has 1 aromatic heterocycles. The number of aryl methyl sites for hydroxylation is 1. The van der Waals surface area contributed by atoms with Crippen LogP contribution < -0.4 is 5.32 Å². The third-order valence-electron chi connectivity index (χ3n) is 3.68. The van der Waals surface area contributed by atoms with Crippen molar-refractivity contribution in [3.05, 3.63) is 18.0 Å². The van der Waals surface area contributed by atoms with Gasteiger partial charge < -0.3 is 10.1 Å². The van der Waals surface area contributed by atoms with E-state index in [0.29, 0.717) is 0 Å². The highest BCUT2D eigenvalue weighted by atomic mass is 16.5. The van der Waals surface area contributed by atoms with Crippen molar-refractivity contribution in [1.82, 2.24) is 20.0 Å². The van der Waals surface area contributed by atoms with E-state index < -0.39 is 0 Å². The summed E-state index contributed by atoms with van der Waals surface area (Å²) in [6.45, 7) is 6.29. The van der Waals surface area contributed by atoms with Crippen molar-refractivity contribution in [1.29, 1.82) is 0 Å². The molecule has 0 bridgehead atoms. The predicted octanol–water partition coefficient (Wildman–Crippen LogP) is 0.868. The van der Waals surface area contributed by atoms with E-state index >= 15 is 0 Å². The first-order valence-corrected chi connectivity index (χ1v) is 7.17. The van der Waals surface area contributed by atoms with Crippen molar-refractivity contribution in [2.75, 3.05) is 39.9 Å². The van der Waals surface area contributed by atoms with Gasteiger partial charge >= 0.3 is 0 Å². The molecule has 2 rings (SSSR count). The quantitative estimate of drug-likeness (QED) is 0.744. The summed E-state index contributed by atoms with van der Waals surface area (Å²) in [5, 5.41) is 7.71. The molecule has 108 valence electrons. The third-order valence-corrected chi connectivity index (χ3v) is 3.68. The Balaban J connectivity index is 1.71. The smallest absolute Gasteiger partial charge is 0.0587 e. The van der Waals surface area contributed by atoms with Gasteiger partial charge in [0.05, 0.1) is 12.8 Å². The number of rotatable bonds is 7. The van der Waals surface area contributed by atoms with Crippen molar-refractivity contribution >= 4 is 0 Å². The molecule has 19 heavy (non-hydrogen) atoms. The van der Waals surface area contributed by atoms with E-state index in [1.807, 2.05) is 17.9 Å². The lowest BCUT2D eigenvalue weighted by atomic mass is 9.97. The number of likely N-dealkylation sites (tertiary alicyclic amines) is 1. The fourth-order valence-corrected chi connectivity index (χ4v) is 2.75. The summed E-state index contributed by atoms with van der Waals surface area (Å²) in [7, 11) is 3.72. The minimum atomic E-state index is 0.766. The molecule has 0 aliphatic carbocycles. The van der Waals surface area contributed by atoms with Gasteiger partial charge in [-0.1, -0.05) is 0 Å². The number of piperidine rings is 1. The Bertz CT molecular complexity index is 366. The number of nitrogens with zero attached hydrogens (tertiary/aromatic N) is 3. The van der Waals surface area contributed by atoms with Gasteiger partial charge in [-0.3, -0.25) is 9.58 Å². The molecule has 1 N–H and O–H groups in total. The molecule has 0 amide bonds. The molecule has 0 spiro atoms. The molecule has 5 heteroatoms. The van der Waals surface area contributed by atoms with Gasteiger partial charge in [-0.15, -0.1) is 0 Å². The molecular formula is C14H26N4O. The second kappa shape index (κ2) is 7.62. The standard InChI is InChI=1S/C14H26N4O/c1-17-10-14(9-16-17)12-18-6-3-4-13(11-18)8-15-5-7-19-2/h9-10,13,15H,3-8,11-12H2,1-2H3. The second-order valence-corrected chi connectivity index (χ2v) is 5.46. The SMILES string of the molecule is COCCNCC1CCCN(Cc2cnn(C)c2)C1. The van der Waals surface area contributed by atoms with Crippen LogP contribution in [0.15, 0.2) is 12.4 Å². The molecule has 1 aliphatic rings. The zero-order valence-electron chi connectivity index (χ0n) is 12.1. The van der Waals surface area contributed by atoms with Crippen LogP contribution in [-0.2, 0) is 18.3 Å². The summed E-state index contributed by atoms with van der Waals surface area (Å²) < 4.78 is 6.93. The molecule has 1 fully saturated rings. The van der Waals surface area contributed by atoms with Crippen molar-refractivity contribution in [3.63, 3.8) is 0 Å². The average molecular weight is 266 g/mol. The number of hydrogen-bond acceptors (Lipinski definition) is 4. The van der Waals surface area contributed by atoms with Crippen LogP contribution in [0.25, 0.3) is 0 Å². The highest BCUT2D eigenvalue weighted by Gasteiger charge is 2.19. The third kappa shape index (κ3) is 4.93. The summed E-state index contributed by atoms with van der Waals surface area (Å²) in [6, 6.07) is 0. The lowest BCUT2D eigenvalue weighted by Gasteiger charge is -2.32. The first kappa shape index (κ1) is 14.5. The zero-order chi connectivity index (χ0) is 13.5. The summed E-state index contributed by atoms with van der Waals surface area (Å²) in [4.78, 5) is 2.54. The molecule has 1 aromatic rings. The van der Waals surface area contributed by atoms with Crippen LogP contribution in [0.1, 0.15) is 18.4 Å². The van der Waals surface area contributed by atoms with Gasteiger partial charge in [-0.2, -0.15) is 5.10 Å². The number of nitrogens with one attached hydrogen (secondary N) is 1. The molecule has 1 unspecified atom stereocenters. The van der Waals surface area contributed by atoms with E-state index in [4.69, 9.17) is 4.74 Å². The number of hydrogen-bond donors (Lipinski definition) is 1. The molecular weight excluding hydrogens is 240 g/mol. The molecule has 1 atom stereocenters. The van der Waals surface area contributed by atoms with Crippen LogP contribution in [0.3, 0.4) is 0 Å². The van der Waals surface area contributed by atoms with Crippen molar-refractivity contribution in [2.45, 2.75) is 19.4 Å². The molecule has 0 saturated carbocycles. The van der Waals surface area contributed by atoms with E-state index in [-0.39, 0.29) is 0 Å². The highest BCUT2D eigenvalue weighted by Crippen LogP contribution is 2.17. The minimum Gasteiger partial charge on any atom is -0.383 e. The summed E-state index contributed by atoms with van der Waals surface area (Å²) >= 11 is 0. The maximum Gasteiger partial charge on any atom is 0.0587 e. The fourth-order valence-electron chi connectivity index (χ4n) is 2.75. The normalized spacial score (nSPS) is 20.8. The monoisotopic (exact) mass is 266 g/mol. The fraction of sp³-hybridized carbons (Fsp3) is 0.786. The van der Waals surface area contributed by atoms with E-state index in [0.717, 1.165) is 32.2 Å². The van der Waals surface area contributed by atoms with Gasteiger partial charge in [-0.25, -0.2) is 0 Å². The van der Waals surface area contributed by atoms with E-state index in [1.165, 1.54) is 31.5 Å². The minimum absolute atomic E-state index is 0.766. The number of methoxy groups -OCH3 is 1.